The van der Waals surface area contributed by atoms with Crippen LogP contribution in [0.15, 0.2) is 24.3 Å². The predicted octanol–water partition coefficient (Wildman–Crippen LogP) is 0.702. The molecule has 0 saturated heterocycles. The van der Waals surface area contributed by atoms with Crippen LogP contribution in [0.2, 0.25) is 0 Å². The highest BCUT2D eigenvalue weighted by Crippen LogP contribution is 2.00. The molecule has 2 N–H and O–H groups in total. The standard InChI is InChI=1S/C8H8O2/c9-5-7-1-2-8(6-10)4-3-7/h1-5,10H,6H2/p+1. The Morgan fingerprint density at radius 3 is 2.30 bits per heavy atom. The molecule has 0 bridgehead atoms. The van der Waals surface area contributed by atoms with Gasteiger partial charge in [0.05, 0.1) is 12.2 Å². The van der Waals surface area contributed by atoms with Gasteiger partial charge in [0.25, 0.3) is 0 Å². The first-order chi connectivity index (χ1) is 4.86. The van der Waals surface area contributed by atoms with Crippen LogP contribution in [0.4, 0.5) is 0 Å². The van der Waals surface area contributed by atoms with Gasteiger partial charge >= 0.3 is 6.29 Å². The van der Waals surface area contributed by atoms with E-state index in [2.05, 4.69) is 0 Å². The van der Waals surface area contributed by atoms with E-state index in [1.165, 1.54) is 0 Å². The zero-order valence-electron chi connectivity index (χ0n) is 5.49. The second-order valence-electron chi connectivity index (χ2n) is 2.03. The van der Waals surface area contributed by atoms with Gasteiger partial charge in [0.1, 0.15) is 0 Å². The van der Waals surface area contributed by atoms with Crippen molar-refractivity contribution < 1.29 is 9.90 Å². The minimum Gasteiger partial charge on any atom is -0.392 e. The third kappa shape index (κ3) is 1.42. The maximum atomic E-state index is 8.63. The van der Waals surface area contributed by atoms with Crippen molar-refractivity contribution in [1.29, 1.82) is 0 Å². The first kappa shape index (κ1) is 6.96. The minimum absolute atomic E-state index is 0.0473. The molecule has 0 amide bonds. The number of aldehydes is 1. The molecule has 52 valence electrons. The Balaban J connectivity index is 2.90. The van der Waals surface area contributed by atoms with Crippen LogP contribution >= 0.6 is 0 Å². The lowest BCUT2D eigenvalue weighted by atomic mass is 10.2. The molecule has 0 aromatic heterocycles. The average molecular weight is 137 g/mol. The Hall–Kier alpha value is -1.15. The summed E-state index contributed by atoms with van der Waals surface area (Å²) in [7, 11) is 0. The Morgan fingerprint density at radius 1 is 1.30 bits per heavy atom. The molecule has 1 aromatic carbocycles. The van der Waals surface area contributed by atoms with E-state index in [0.29, 0.717) is 0 Å². The Kier molecular flexibility index (Phi) is 2.18. The molecular formula is C8H9O2+. The monoisotopic (exact) mass is 137 g/mol. The van der Waals surface area contributed by atoms with Crippen molar-refractivity contribution in [2.45, 2.75) is 6.61 Å². The van der Waals surface area contributed by atoms with Crippen LogP contribution < -0.4 is 0 Å². The van der Waals surface area contributed by atoms with E-state index in [4.69, 9.17) is 9.90 Å². The van der Waals surface area contributed by atoms with Gasteiger partial charge in [0.2, 0.25) is 0 Å². The molecule has 10 heavy (non-hydrogen) atoms. The fourth-order valence-electron chi connectivity index (χ4n) is 0.709. The van der Waals surface area contributed by atoms with Crippen LogP contribution in [-0.4, -0.2) is 16.2 Å². The zero-order chi connectivity index (χ0) is 7.40. The lowest BCUT2D eigenvalue weighted by Gasteiger charge is -1.92. The van der Waals surface area contributed by atoms with Crippen molar-refractivity contribution >= 4 is 6.29 Å². The zero-order valence-corrected chi connectivity index (χ0v) is 5.49. The van der Waals surface area contributed by atoms with Gasteiger partial charge in [0, 0.05) is 0 Å². The Morgan fingerprint density at radius 2 is 1.90 bits per heavy atom. The average Bonchev–Trinajstić information content (AvgIpc) is 2.05. The van der Waals surface area contributed by atoms with Crippen molar-refractivity contribution in [3.05, 3.63) is 35.4 Å². The summed E-state index contributed by atoms with van der Waals surface area (Å²) in [5.41, 5.74) is 1.60. The topological polar surface area (TPSA) is 41.6 Å². The van der Waals surface area contributed by atoms with Crippen LogP contribution in [0.3, 0.4) is 0 Å². The molecule has 2 nitrogen and oxygen atoms in total. The van der Waals surface area contributed by atoms with Crippen molar-refractivity contribution in [1.82, 2.24) is 0 Å². The van der Waals surface area contributed by atoms with Crippen molar-refractivity contribution in [3.63, 3.8) is 0 Å². The summed E-state index contributed by atoms with van der Waals surface area (Å²) >= 11 is 0. The first-order valence-corrected chi connectivity index (χ1v) is 3.04. The third-order valence-corrected chi connectivity index (χ3v) is 1.31. The molecule has 0 aliphatic heterocycles. The number of rotatable bonds is 2. The van der Waals surface area contributed by atoms with Crippen LogP contribution in [0.25, 0.3) is 0 Å². The van der Waals surface area contributed by atoms with E-state index >= 15 is 0 Å². The highest BCUT2D eigenvalue weighted by molar-refractivity contribution is 5.75. The molecular weight excluding hydrogens is 128 g/mol. The largest absolute Gasteiger partial charge is 0.392 e. The van der Waals surface area contributed by atoms with E-state index < -0.39 is 0 Å². The minimum atomic E-state index is 0.0473. The summed E-state index contributed by atoms with van der Waals surface area (Å²) in [5.74, 6) is 0. The number of hydrogen-bond acceptors (Lipinski definition) is 1. The molecule has 0 saturated carbocycles. The Labute approximate surface area is 59.1 Å². The SMILES string of the molecule is OCc1ccc(C=[OH+])cc1. The molecule has 0 heterocycles. The highest BCUT2D eigenvalue weighted by atomic mass is 16.3. The van der Waals surface area contributed by atoms with Gasteiger partial charge in [-0.3, -0.25) is 4.79 Å². The lowest BCUT2D eigenvalue weighted by Crippen LogP contribution is -1.84. The van der Waals surface area contributed by atoms with E-state index in [-0.39, 0.29) is 6.61 Å². The van der Waals surface area contributed by atoms with Crippen molar-refractivity contribution in [3.8, 4) is 0 Å². The van der Waals surface area contributed by atoms with Crippen LogP contribution in [0.1, 0.15) is 11.1 Å². The quantitative estimate of drug-likeness (QED) is 0.473. The number of hydrogen-bond donors (Lipinski definition) is 1. The smallest absolute Gasteiger partial charge is 0.312 e. The van der Waals surface area contributed by atoms with E-state index in [1.807, 2.05) is 0 Å². The number of aliphatic hydroxyl groups excluding tert-OH is 1. The molecule has 0 radical (unpaired) electrons. The maximum Gasteiger partial charge on any atom is 0.312 e. The van der Waals surface area contributed by atoms with E-state index in [9.17, 15) is 0 Å². The van der Waals surface area contributed by atoms with Gasteiger partial charge < -0.3 is 5.11 Å². The predicted molar refractivity (Wildman–Crippen MR) is 39.5 cm³/mol. The second-order valence-corrected chi connectivity index (χ2v) is 2.03. The lowest BCUT2D eigenvalue weighted by molar-refractivity contribution is 0.282. The van der Waals surface area contributed by atoms with E-state index in [0.717, 1.165) is 17.4 Å². The maximum absolute atomic E-state index is 8.63. The highest BCUT2D eigenvalue weighted by Gasteiger charge is 1.92. The van der Waals surface area contributed by atoms with Gasteiger partial charge in [-0.05, 0) is 17.7 Å². The van der Waals surface area contributed by atoms with Gasteiger partial charge in [-0.2, -0.15) is 0 Å². The third-order valence-electron chi connectivity index (χ3n) is 1.31. The number of aliphatic hydroxyl groups is 1. The number of carbonyl (C=O) groups excluding carboxylic acids is 1. The van der Waals surface area contributed by atoms with Gasteiger partial charge in [0.15, 0.2) is 0 Å². The molecule has 0 unspecified atom stereocenters. The molecule has 0 aliphatic rings. The summed E-state index contributed by atoms with van der Waals surface area (Å²) in [6, 6.07) is 7.02. The summed E-state index contributed by atoms with van der Waals surface area (Å²) in [4.78, 5) is 8.51. The molecule has 0 fully saturated rings. The second kappa shape index (κ2) is 3.13. The van der Waals surface area contributed by atoms with Crippen molar-refractivity contribution in [2.24, 2.45) is 0 Å². The van der Waals surface area contributed by atoms with Crippen LogP contribution in [0.5, 0.6) is 0 Å². The normalized spacial score (nSPS) is 9.30. The van der Waals surface area contributed by atoms with E-state index in [1.54, 1.807) is 24.3 Å². The van der Waals surface area contributed by atoms with Gasteiger partial charge in [-0.1, -0.05) is 12.1 Å². The molecule has 2 heteroatoms. The van der Waals surface area contributed by atoms with Gasteiger partial charge in [-0.25, -0.2) is 0 Å². The molecule has 1 rings (SSSR count). The molecule has 0 spiro atoms. The molecule has 0 aliphatic carbocycles. The van der Waals surface area contributed by atoms with Crippen molar-refractivity contribution in [2.75, 3.05) is 0 Å². The van der Waals surface area contributed by atoms with Crippen LogP contribution in [-0.2, 0) is 6.61 Å². The Bertz CT molecular complexity index is 213. The van der Waals surface area contributed by atoms with Crippen LogP contribution in [0, 0.1) is 0 Å². The first-order valence-electron chi connectivity index (χ1n) is 3.04. The summed E-state index contributed by atoms with van der Waals surface area (Å²) in [6.07, 6.45) is 1.03. The summed E-state index contributed by atoms with van der Waals surface area (Å²) < 4.78 is 0. The number of benzene rings is 1. The molecule has 0 atom stereocenters. The fourth-order valence-corrected chi connectivity index (χ4v) is 0.709. The summed E-state index contributed by atoms with van der Waals surface area (Å²) in [5, 5.41) is 8.63. The fraction of sp³-hybridized carbons (Fsp3) is 0.125. The molecule has 1 aromatic rings. The summed E-state index contributed by atoms with van der Waals surface area (Å²) in [6.45, 7) is 0.0473. The van der Waals surface area contributed by atoms with Gasteiger partial charge in [-0.15, -0.1) is 0 Å².